The summed E-state index contributed by atoms with van der Waals surface area (Å²) in [6.45, 7) is 2.23. The lowest BCUT2D eigenvalue weighted by Gasteiger charge is -2.13. The molecular weight excluding hydrogens is 254 g/mol. The molecule has 0 spiro atoms. The third-order valence-corrected chi connectivity index (χ3v) is 3.65. The first kappa shape index (κ1) is 9.21. The number of nitrogen functional groups attached to an aromatic ring is 1. The number of benzene rings is 1. The van der Waals surface area contributed by atoms with Gasteiger partial charge in [0.2, 0.25) is 5.95 Å². The number of fused-ring (bicyclic) bond motifs is 1. The first-order valence-corrected chi connectivity index (χ1v) is 5.83. The quantitative estimate of drug-likeness (QED) is 0.862. The fourth-order valence-electron chi connectivity index (χ4n) is 2.04. The van der Waals surface area contributed by atoms with E-state index >= 15 is 0 Å². The van der Waals surface area contributed by atoms with Gasteiger partial charge in [-0.05, 0) is 38.0 Å². The Bertz CT molecular complexity index is 540. The highest BCUT2D eigenvalue weighted by Gasteiger charge is 2.41. The maximum Gasteiger partial charge on any atom is 0.201 e. The maximum atomic E-state index is 5.97. The molecule has 3 nitrogen and oxygen atoms in total. The molecule has 0 amide bonds. The van der Waals surface area contributed by atoms with E-state index in [9.17, 15) is 0 Å². The molecular formula is C11H12BrN3. The molecule has 4 heteroatoms. The Morgan fingerprint density at radius 2 is 2.20 bits per heavy atom. The lowest BCUT2D eigenvalue weighted by Crippen LogP contribution is -2.14. The average Bonchev–Trinajstić information content (AvgIpc) is 2.80. The minimum atomic E-state index is 0.194. The Morgan fingerprint density at radius 1 is 1.47 bits per heavy atom. The van der Waals surface area contributed by atoms with E-state index in [-0.39, 0.29) is 5.54 Å². The molecule has 1 fully saturated rings. The molecule has 1 aliphatic carbocycles. The third-order valence-electron chi connectivity index (χ3n) is 3.16. The van der Waals surface area contributed by atoms with Gasteiger partial charge in [-0.3, -0.25) is 0 Å². The second-order valence-electron chi connectivity index (χ2n) is 4.44. The SMILES string of the molecule is CC1(n2c(N)nc3ccc(Br)cc32)CC1. The molecule has 1 heterocycles. The second kappa shape index (κ2) is 2.76. The third kappa shape index (κ3) is 1.28. The van der Waals surface area contributed by atoms with Crippen molar-refractivity contribution >= 4 is 32.9 Å². The van der Waals surface area contributed by atoms with E-state index in [1.165, 1.54) is 12.8 Å². The largest absolute Gasteiger partial charge is 0.369 e. The molecule has 0 saturated heterocycles. The van der Waals surface area contributed by atoms with E-state index in [0.29, 0.717) is 5.95 Å². The molecule has 0 unspecified atom stereocenters. The van der Waals surface area contributed by atoms with Crippen LogP contribution in [0.2, 0.25) is 0 Å². The standard InChI is InChI=1S/C11H12BrN3/c1-11(4-5-11)15-9-6-7(12)2-3-8(9)14-10(15)13/h2-3,6H,4-5H2,1H3,(H2,13,14). The van der Waals surface area contributed by atoms with Crippen LogP contribution in [0.25, 0.3) is 11.0 Å². The van der Waals surface area contributed by atoms with E-state index in [1.54, 1.807) is 0 Å². The highest BCUT2D eigenvalue weighted by molar-refractivity contribution is 9.10. The molecule has 15 heavy (non-hydrogen) atoms. The van der Waals surface area contributed by atoms with Crippen LogP contribution in [-0.2, 0) is 5.54 Å². The normalized spacial score (nSPS) is 18.3. The smallest absolute Gasteiger partial charge is 0.201 e. The summed E-state index contributed by atoms with van der Waals surface area (Å²) in [4.78, 5) is 4.38. The van der Waals surface area contributed by atoms with Crippen LogP contribution in [0.15, 0.2) is 22.7 Å². The highest BCUT2D eigenvalue weighted by atomic mass is 79.9. The number of nitrogens with two attached hydrogens (primary N) is 1. The number of hydrogen-bond donors (Lipinski definition) is 1. The molecule has 1 aromatic heterocycles. The number of hydrogen-bond acceptors (Lipinski definition) is 2. The molecule has 78 valence electrons. The van der Waals surface area contributed by atoms with Gasteiger partial charge in [0.15, 0.2) is 0 Å². The average molecular weight is 266 g/mol. The van der Waals surface area contributed by atoms with Crippen LogP contribution in [0.4, 0.5) is 5.95 Å². The lowest BCUT2D eigenvalue weighted by molar-refractivity contribution is 0.556. The van der Waals surface area contributed by atoms with Crippen LogP contribution in [0.5, 0.6) is 0 Å². The van der Waals surface area contributed by atoms with Crippen molar-refractivity contribution in [1.82, 2.24) is 9.55 Å². The predicted molar refractivity (Wildman–Crippen MR) is 64.7 cm³/mol. The van der Waals surface area contributed by atoms with Crippen molar-refractivity contribution in [3.05, 3.63) is 22.7 Å². The molecule has 3 rings (SSSR count). The van der Waals surface area contributed by atoms with Crippen molar-refractivity contribution < 1.29 is 0 Å². The van der Waals surface area contributed by atoms with Gasteiger partial charge in [0.05, 0.1) is 11.0 Å². The van der Waals surface area contributed by atoms with Gasteiger partial charge >= 0.3 is 0 Å². The fraction of sp³-hybridized carbons (Fsp3) is 0.364. The van der Waals surface area contributed by atoms with Crippen molar-refractivity contribution in [2.45, 2.75) is 25.3 Å². The van der Waals surface area contributed by atoms with Crippen LogP contribution in [0.3, 0.4) is 0 Å². The summed E-state index contributed by atoms with van der Waals surface area (Å²) in [5.74, 6) is 0.628. The molecule has 1 saturated carbocycles. The van der Waals surface area contributed by atoms with Gasteiger partial charge in [-0.1, -0.05) is 15.9 Å². The number of aromatic nitrogens is 2. The Balaban J connectivity index is 2.35. The van der Waals surface area contributed by atoms with Crippen molar-refractivity contribution in [3.63, 3.8) is 0 Å². The summed E-state index contributed by atoms with van der Waals surface area (Å²) in [5.41, 5.74) is 8.26. The molecule has 0 aliphatic heterocycles. The summed E-state index contributed by atoms with van der Waals surface area (Å²) in [6.07, 6.45) is 2.38. The van der Waals surface area contributed by atoms with E-state index < -0.39 is 0 Å². The molecule has 2 N–H and O–H groups in total. The van der Waals surface area contributed by atoms with Crippen molar-refractivity contribution in [2.24, 2.45) is 0 Å². The van der Waals surface area contributed by atoms with Gasteiger partial charge in [-0.2, -0.15) is 0 Å². The lowest BCUT2D eigenvalue weighted by atomic mass is 10.2. The van der Waals surface area contributed by atoms with Gasteiger partial charge in [0.1, 0.15) is 0 Å². The highest BCUT2D eigenvalue weighted by Crippen LogP contribution is 2.46. The van der Waals surface area contributed by atoms with Crippen LogP contribution >= 0.6 is 15.9 Å². The minimum Gasteiger partial charge on any atom is -0.369 e. The topological polar surface area (TPSA) is 43.8 Å². The zero-order chi connectivity index (χ0) is 10.6. The molecule has 1 aromatic carbocycles. The minimum absolute atomic E-state index is 0.194. The van der Waals surface area contributed by atoms with E-state index in [4.69, 9.17) is 5.73 Å². The van der Waals surface area contributed by atoms with Gasteiger partial charge in [-0.25, -0.2) is 4.98 Å². The van der Waals surface area contributed by atoms with Crippen molar-refractivity contribution in [2.75, 3.05) is 5.73 Å². The maximum absolute atomic E-state index is 5.97. The molecule has 1 aliphatic rings. The molecule has 0 atom stereocenters. The van der Waals surface area contributed by atoms with E-state index in [2.05, 4.69) is 38.5 Å². The molecule has 2 aromatic rings. The summed E-state index contributed by atoms with van der Waals surface area (Å²) in [6, 6.07) is 6.08. The Labute approximate surface area is 96.4 Å². The molecule has 0 bridgehead atoms. The monoisotopic (exact) mass is 265 g/mol. The van der Waals surface area contributed by atoms with Crippen LogP contribution in [-0.4, -0.2) is 9.55 Å². The van der Waals surface area contributed by atoms with E-state index in [0.717, 1.165) is 15.5 Å². The summed E-state index contributed by atoms with van der Waals surface area (Å²) in [7, 11) is 0. The Hall–Kier alpha value is -1.03. The summed E-state index contributed by atoms with van der Waals surface area (Å²) >= 11 is 3.48. The van der Waals surface area contributed by atoms with Crippen LogP contribution < -0.4 is 5.73 Å². The summed E-state index contributed by atoms with van der Waals surface area (Å²) in [5, 5.41) is 0. The number of imidazole rings is 1. The molecule has 0 radical (unpaired) electrons. The second-order valence-corrected chi connectivity index (χ2v) is 5.35. The van der Waals surface area contributed by atoms with Crippen LogP contribution in [0.1, 0.15) is 19.8 Å². The number of anilines is 1. The summed E-state index contributed by atoms with van der Waals surface area (Å²) < 4.78 is 3.23. The van der Waals surface area contributed by atoms with E-state index in [1.807, 2.05) is 12.1 Å². The first-order chi connectivity index (χ1) is 7.10. The Kier molecular flexibility index (Phi) is 1.69. The fourth-order valence-corrected chi connectivity index (χ4v) is 2.39. The van der Waals surface area contributed by atoms with Gasteiger partial charge in [0.25, 0.3) is 0 Å². The zero-order valence-electron chi connectivity index (χ0n) is 8.50. The van der Waals surface area contributed by atoms with Gasteiger partial charge in [-0.15, -0.1) is 0 Å². The predicted octanol–water partition coefficient (Wildman–Crippen LogP) is 2.89. The van der Waals surface area contributed by atoms with Crippen molar-refractivity contribution in [1.29, 1.82) is 0 Å². The van der Waals surface area contributed by atoms with Gasteiger partial charge < -0.3 is 10.3 Å². The zero-order valence-corrected chi connectivity index (χ0v) is 10.1. The Morgan fingerprint density at radius 3 is 2.87 bits per heavy atom. The number of nitrogens with zero attached hydrogens (tertiary/aromatic N) is 2. The number of rotatable bonds is 1. The number of halogens is 1. The van der Waals surface area contributed by atoms with Crippen molar-refractivity contribution in [3.8, 4) is 0 Å². The first-order valence-electron chi connectivity index (χ1n) is 5.04. The van der Waals surface area contributed by atoms with Gasteiger partial charge in [0, 0.05) is 10.0 Å². The van der Waals surface area contributed by atoms with Crippen LogP contribution in [0, 0.1) is 0 Å².